The molecule has 1 aromatic rings. The maximum Gasteiger partial charge on any atom is 0.0628 e. The predicted octanol–water partition coefficient (Wildman–Crippen LogP) is 2.00. The van der Waals surface area contributed by atoms with E-state index in [1.54, 1.807) is 0 Å². The lowest BCUT2D eigenvalue weighted by atomic mass is 10.1. The quantitative estimate of drug-likeness (QED) is 0.540. The summed E-state index contributed by atoms with van der Waals surface area (Å²) >= 11 is 0. The van der Waals surface area contributed by atoms with Gasteiger partial charge in [-0.25, -0.2) is 0 Å². The van der Waals surface area contributed by atoms with Crippen LogP contribution >= 0.6 is 0 Å². The van der Waals surface area contributed by atoms with Crippen LogP contribution in [0.4, 0.5) is 0 Å². The highest BCUT2D eigenvalue weighted by Gasteiger charge is 2.14. The van der Waals surface area contributed by atoms with Gasteiger partial charge < -0.3 is 0 Å². The van der Waals surface area contributed by atoms with Gasteiger partial charge in [-0.3, -0.25) is 4.68 Å². The standard InChI is InChI=1S/C10H16N2/c1-8-9-6-4-3-5-7-10(9)12(2)11-8/h3-7H2,1-2H3/i2D3. The highest BCUT2D eigenvalue weighted by atomic mass is 15.3. The fourth-order valence-electron chi connectivity index (χ4n) is 1.96. The molecule has 12 heavy (non-hydrogen) atoms. The molecule has 0 saturated heterocycles. The Morgan fingerprint density at radius 3 is 3.00 bits per heavy atom. The predicted molar refractivity (Wildman–Crippen MR) is 49.2 cm³/mol. The first-order valence-corrected chi connectivity index (χ1v) is 4.58. The van der Waals surface area contributed by atoms with Crippen molar-refractivity contribution in [2.45, 2.75) is 39.0 Å². The molecule has 1 aliphatic rings. The molecule has 0 amide bonds. The molecule has 0 fully saturated rings. The van der Waals surface area contributed by atoms with E-state index in [1.165, 1.54) is 16.7 Å². The Morgan fingerprint density at radius 1 is 1.33 bits per heavy atom. The Balaban J connectivity index is 2.49. The normalized spacial score (nSPS) is 21.9. The number of nitrogens with zero attached hydrogens (tertiary/aromatic N) is 2. The lowest BCUT2D eigenvalue weighted by Crippen LogP contribution is -1.98. The fourth-order valence-corrected chi connectivity index (χ4v) is 1.96. The molecule has 0 radical (unpaired) electrons. The van der Waals surface area contributed by atoms with Crippen molar-refractivity contribution in [3.63, 3.8) is 0 Å². The van der Waals surface area contributed by atoms with Crippen LogP contribution in [-0.4, -0.2) is 9.78 Å². The minimum absolute atomic E-state index is 0.856. The van der Waals surface area contributed by atoms with Gasteiger partial charge in [-0.2, -0.15) is 5.10 Å². The molecular formula is C10H16N2. The third kappa shape index (κ3) is 1.15. The van der Waals surface area contributed by atoms with Crippen molar-refractivity contribution < 1.29 is 4.11 Å². The molecule has 66 valence electrons. The van der Waals surface area contributed by atoms with Crippen molar-refractivity contribution in [2.75, 3.05) is 0 Å². The summed E-state index contributed by atoms with van der Waals surface area (Å²) in [6.07, 6.45) is 5.26. The smallest absolute Gasteiger partial charge is 0.0628 e. The second-order valence-electron chi connectivity index (χ2n) is 3.48. The van der Waals surface area contributed by atoms with Crippen LogP contribution in [0.5, 0.6) is 0 Å². The van der Waals surface area contributed by atoms with Gasteiger partial charge in [-0.15, -0.1) is 0 Å². The summed E-state index contributed by atoms with van der Waals surface area (Å²) in [6, 6.07) is 0. The number of hydrogen-bond acceptors (Lipinski definition) is 1. The number of aromatic nitrogens is 2. The van der Waals surface area contributed by atoms with Crippen molar-refractivity contribution in [3.8, 4) is 0 Å². The molecule has 1 aromatic heterocycles. The second kappa shape index (κ2) is 2.92. The number of hydrogen-bond donors (Lipinski definition) is 0. The van der Waals surface area contributed by atoms with Gasteiger partial charge >= 0.3 is 0 Å². The van der Waals surface area contributed by atoms with Gasteiger partial charge in [0.1, 0.15) is 0 Å². The van der Waals surface area contributed by atoms with Crippen LogP contribution in [0.2, 0.25) is 0 Å². The average molecular weight is 167 g/mol. The third-order valence-corrected chi connectivity index (χ3v) is 2.63. The molecule has 2 heteroatoms. The monoisotopic (exact) mass is 167 g/mol. The van der Waals surface area contributed by atoms with Gasteiger partial charge in [-0.05, 0) is 38.2 Å². The minimum atomic E-state index is -2.12. The minimum Gasteiger partial charge on any atom is -0.272 e. The summed E-state index contributed by atoms with van der Waals surface area (Å²) in [4.78, 5) is 0. The molecule has 2 nitrogen and oxygen atoms in total. The van der Waals surface area contributed by atoms with Crippen molar-refractivity contribution in [1.29, 1.82) is 0 Å². The molecule has 0 N–H and O–H groups in total. The second-order valence-corrected chi connectivity index (χ2v) is 3.48. The lowest BCUT2D eigenvalue weighted by Gasteiger charge is -1.99. The Bertz CT molecular complexity index is 365. The van der Waals surface area contributed by atoms with E-state index in [4.69, 9.17) is 4.11 Å². The van der Waals surface area contributed by atoms with E-state index >= 15 is 0 Å². The summed E-state index contributed by atoms with van der Waals surface area (Å²) in [6.45, 7) is -0.213. The van der Waals surface area contributed by atoms with E-state index in [2.05, 4.69) is 5.10 Å². The first kappa shape index (κ1) is 5.05. The van der Waals surface area contributed by atoms with E-state index in [-0.39, 0.29) is 0 Å². The van der Waals surface area contributed by atoms with E-state index in [9.17, 15) is 0 Å². The van der Waals surface area contributed by atoms with Crippen LogP contribution < -0.4 is 0 Å². The molecule has 1 aliphatic carbocycles. The van der Waals surface area contributed by atoms with E-state index < -0.39 is 6.98 Å². The summed E-state index contributed by atoms with van der Waals surface area (Å²) in [7, 11) is 0. The highest BCUT2D eigenvalue weighted by Crippen LogP contribution is 2.22. The van der Waals surface area contributed by atoms with Crippen LogP contribution in [-0.2, 0) is 19.8 Å². The van der Waals surface area contributed by atoms with Crippen molar-refractivity contribution in [2.24, 2.45) is 6.98 Å². The van der Waals surface area contributed by atoms with Gasteiger partial charge in [-0.1, -0.05) is 6.42 Å². The summed E-state index contributed by atoms with van der Waals surface area (Å²) in [5, 5.41) is 4.16. The number of fused-ring (bicyclic) bond motifs is 1. The van der Waals surface area contributed by atoms with E-state index in [0.29, 0.717) is 0 Å². The topological polar surface area (TPSA) is 17.8 Å². The largest absolute Gasteiger partial charge is 0.272 e. The zero-order valence-electron chi connectivity index (χ0n) is 10.4. The molecular weight excluding hydrogens is 148 g/mol. The molecule has 2 rings (SSSR count). The van der Waals surface area contributed by atoms with Gasteiger partial charge in [0.05, 0.1) is 5.69 Å². The van der Waals surface area contributed by atoms with Crippen LogP contribution in [0.15, 0.2) is 0 Å². The Hall–Kier alpha value is -0.790. The molecule has 0 aliphatic heterocycles. The van der Waals surface area contributed by atoms with Crippen LogP contribution in [0.3, 0.4) is 0 Å². The van der Waals surface area contributed by atoms with E-state index in [1.807, 2.05) is 6.92 Å². The molecule has 1 heterocycles. The average Bonchev–Trinajstić information content (AvgIpc) is 2.37. The number of aryl methyl sites for hydroxylation is 2. The zero-order valence-corrected chi connectivity index (χ0v) is 7.43. The van der Waals surface area contributed by atoms with Crippen molar-refractivity contribution in [3.05, 3.63) is 17.0 Å². The van der Waals surface area contributed by atoms with Crippen LogP contribution in [0, 0.1) is 6.92 Å². The molecule has 0 spiro atoms. The lowest BCUT2D eigenvalue weighted by molar-refractivity contribution is 0.657. The van der Waals surface area contributed by atoms with Crippen molar-refractivity contribution >= 4 is 0 Å². The zero-order chi connectivity index (χ0) is 11.1. The van der Waals surface area contributed by atoms with Gasteiger partial charge in [0.2, 0.25) is 0 Å². The van der Waals surface area contributed by atoms with Crippen molar-refractivity contribution in [1.82, 2.24) is 9.78 Å². The summed E-state index contributed by atoms with van der Waals surface area (Å²) in [5.74, 6) is 0. The maximum absolute atomic E-state index is 7.43. The first-order valence-electron chi connectivity index (χ1n) is 6.08. The van der Waals surface area contributed by atoms with Gasteiger partial charge in [0.25, 0.3) is 0 Å². The molecule has 0 bridgehead atoms. The Kier molecular flexibility index (Phi) is 1.23. The summed E-state index contributed by atoms with van der Waals surface area (Å²) < 4.78 is 23.5. The molecule has 0 saturated carbocycles. The van der Waals surface area contributed by atoms with Gasteiger partial charge in [0, 0.05) is 16.8 Å². The SMILES string of the molecule is [2H]C([2H])([2H])n1nc(C)c2c1CCCCC2. The molecule has 0 unspecified atom stereocenters. The van der Waals surface area contributed by atoms with Crippen LogP contribution in [0.25, 0.3) is 0 Å². The van der Waals surface area contributed by atoms with Crippen LogP contribution in [0.1, 0.15) is 40.3 Å². The van der Waals surface area contributed by atoms with Gasteiger partial charge in [0.15, 0.2) is 0 Å². The van der Waals surface area contributed by atoms with E-state index in [0.717, 1.165) is 37.1 Å². The molecule has 0 atom stereocenters. The Labute approximate surface area is 77.8 Å². The fraction of sp³-hybridized carbons (Fsp3) is 0.700. The molecule has 0 aromatic carbocycles. The maximum atomic E-state index is 7.43. The Morgan fingerprint density at radius 2 is 2.17 bits per heavy atom. The highest BCUT2D eigenvalue weighted by molar-refractivity contribution is 5.26. The number of rotatable bonds is 0. The summed E-state index contributed by atoms with van der Waals surface area (Å²) in [5.41, 5.74) is 3.00. The first-order chi connectivity index (χ1) is 7.00. The third-order valence-electron chi connectivity index (χ3n) is 2.63.